The van der Waals surface area contributed by atoms with Crippen molar-refractivity contribution in [1.82, 2.24) is 4.98 Å². The van der Waals surface area contributed by atoms with Crippen molar-refractivity contribution in [2.24, 2.45) is 11.8 Å². The lowest BCUT2D eigenvalue weighted by atomic mass is 9.57. The standard InChI is InChI=1S/C27H32BFN2O5S/c1-36-24-15-21(26(32)33)22(29)16-23(24)31-37(34,35)25-8-7-18(17-30-25)9-12-27(28)13-10-20(11-14-27)19-5-3-2-4-6-19/h7-8,15-17,19-20,31H,2-6,10-11,13-14,28H2,1H3,(H,32,33). The monoisotopic (exact) mass is 526 g/mol. The van der Waals surface area contributed by atoms with Gasteiger partial charge >= 0.3 is 5.97 Å². The molecule has 2 N–H and O–H groups in total. The molecule has 2 fully saturated rings. The van der Waals surface area contributed by atoms with Gasteiger partial charge < -0.3 is 9.84 Å². The number of anilines is 1. The molecular weight excluding hydrogens is 494 g/mol. The number of benzene rings is 1. The van der Waals surface area contributed by atoms with Crippen LogP contribution in [0.1, 0.15) is 73.7 Å². The van der Waals surface area contributed by atoms with E-state index in [9.17, 15) is 17.6 Å². The first-order chi connectivity index (χ1) is 17.6. The Kier molecular flexibility index (Phi) is 8.12. The second-order valence-corrected chi connectivity index (χ2v) is 12.0. The van der Waals surface area contributed by atoms with Crippen molar-refractivity contribution in [3.63, 3.8) is 0 Å². The first-order valence-electron chi connectivity index (χ1n) is 12.7. The van der Waals surface area contributed by atoms with Crippen LogP contribution in [0, 0.1) is 29.5 Å². The topological polar surface area (TPSA) is 106 Å². The predicted octanol–water partition coefficient (Wildman–Crippen LogP) is 4.64. The number of pyridine rings is 1. The summed E-state index contributed by atoms with van der Waals surface area (Å²) in [4.78, 5) is 15.2. The fourth-order valence-electron chi connectivity index (χ4n) is 5.48. The molecule has 0 spiro atoms. The molecule has 0 bridgehead atoms. The first kappa shape index (κ1) is 27.0. The van der Waals surface area contributed by atoms with E-state index in [4.69, 9.17) is 9.84 Å². The molecule has 37 heavy (non-hydrogen) atoms. The van der Waals surface area contributed by atoms with Crippen molar-refractivity contribution in [3.05, 3.63) is 47.4 Å². The normalized spacial score (nSPS) is 22.5. The number of nitrogens with zero attached hydrogens (tertiary/aromatic N) is 1. The summed E-state index contributed by atoms with van der Waals surface area (Å²) in [6.07, 6.45) is 12.8. The number of ether oxygens (including phenoxy) is 1. The van der Waals surface area contributed by atoms with Crippen molar-refractivity contribution < 1.29 is 27.4 Å². The van der Waals surface area contributed by atoms with E-state index in [-0.39, 0.29) is 21.8 Å². The maximum absolute atomic E-state index is 14.1. The molecule has 1 aromatic carbocycles. The third-order valence-electron chi connectivity index (χ3n) is 7.73. The zero-order chi connectivity index (χ0) is 26.6. The second-order valence-electron chi connectivity index (χ2n) is 10.4. The van der Waals surface area contributed by atoms with Crippen LogP contribution in [0.4, 0.5) is 10.1 Å². The zero-order valence-corrected chi connectivity index (χ0v) is 22.0. The molecule has 0 aliphatic heterocycles. The summed E-state index contributed by atoms with van der Waals surface area (Å²) in [5.74, 6) is 5.57. The van der Waals surface area contributed by atoms with E-state index in [0.717, 1.165) is 36.8 Å². The molecule has 10 heteroatoms. The molecule has 7 nitrogen and oxygen atoms in total. The number of carboxylic acids is 1. The number of halogens is 1. The summed E-state index contributed by atoms with van der Waals surface area (Å²) in [7, 11) is -0.749. The molecule has 0 saturated heterocycles. The average molecular weight is 526 g/mol. The van der Waals surface area contributed by atoms with Crippen LogP contribution in [0.5, 0.6) is 5.75 Å². The van der Waals surface area contributed by atoms with Gasteiger partial charge in [-0.1, -0.05) is 38.0 Å². The van der Waals surface area contributed by atoms with Crippen LogP contribution >= 0.6 is 0 Å². The van der Waals surface area contributed by atoms with Crippen LogP contribution < -0.4 is 9.46 Å². The molecule has 4 rings (SSSR count). The van der Waals surface area contributed by atoms with Gasteiger partial charge in [0, 0.05) is 23.1 Å². The van der Waals surface area contributed by atoms with Gasteiger partial charge in [0.15, 0.2) is 5.03 Å². The lowest BCUT2D eigenvalue weighted by Gasteiger charge is -2.39. The van der Waals surface area contributed by atoms with Crippen molar-refractivity contribution >= 4 is 29.5 Å². The number of rotatable bonds is 6. The average Bonchev–Trinajstić information content (AvgIpc) is 2.88. The van der Waals surface area contributed by atoms with Crippen LogP contribution in [0.25, 0.3) is 0 Å². The van der Waals surface area contributed by atoms with Crippen molar-refractivity contribution in [1.29, 1.82) is 0 Å². The summed E-state index contributed by atoms with van der Waals surface area (Å²) in [5, 5.41) is 8.74. The van der Waals surface area contributed by atoms with Gasteiger partial charge in [-0.05, 0) is 55.7 Å². The van der Waals surface area contributed by atoms with E-state index in [2.05, 4.69) is 29.4 Å². The number of aromatic nitrogens is 1. The van der Waals surface area contributed by atoms with Crippen LogP contribution in [0.15, 0.2) is 35.5 Å². The second kappa shape index (κ2) is 11.1. The fraction of sp³-hybridized carbons (Fsp3) is 0.481. The highest BCUT2D eigenvalue weighted by atomic mass is 32.2. The number of nitrogens with one attached hydrogen (secondary N) is 1. The molecule has 0 radical (unpaired) electrons. The molecule has 1 heterocycles. The Bertz CT molecular complexity index is 1310. The first-order valence-corrected chi connectivity index (χ1v) is 14.2. The van der Waals surface area contributed by atoms with Crippen LogP contribution in [0.3, 0.4) is 0 Å². The number of hydrogen-bond donors (Lipinski definition) is 2. The van der Waals surface area contributed by atoms with Gasteiger partial charge in [0.1, 0.15) is 19.4 Å². The number of carbonyl (C=O) groups is 1. The Balaban J connectivity index is 1.43. The van der Waals surface area contributed by atoms with E-state index >= 15 is 0 Å². The van der Waals surface area contributed by atoms with Crippen molar-refractivity contribution in [3.8, 4) is 17.6 Å². The van der Waals surface area contributed by atoms with Gasteiger partial charge in [0.05, 0.1) is 18.4 Å². The van der Waals surface area contributed by atoms with Crippen molar-refractivity contribution in [2.75, 3.05) is 11.8 Å². The van der Waals surface area contributed by atoms with E-state index < -0.39 is 27.4 Å². The molecule has 2 aromatic rings. The largest absolute Gasteiger partial charge is 0.495 e. The highest BCUT2D eigenvalue weighted by molar-refractivity contribution is 7.92. The lowest BCUT2D eigenvalue weighted by molar-refractivity contribution is 0.0691. The zero-order valence-electron chi connectivity index (χ0n) is 21.2. The van der Waals surface area contributed by atoms with E-state index in [0.29, 0.717) is 5.56 Å². The summed E-state index contributed by atoms with van der Waals surface area (Å²) in [6, 6.07) is 4.62. The summed E-state index contributed by atoms with van der Waals surface area (Å²) in [6.45, 7) is 0. The predicted molar refractivity (Wildman–Crippen MR) is 142 cm³/mol. The third kappa shape index (κ3) is 6.45. The van der Waals surface area contributed by atoms with Crippen LogP contribution in [-0.4, -0.2) is 39.4 Å². The lowest BCUT2D eigenvalue weighted by Crippen LogP contribution is -2.26. The number of aromatic carboxylic acids is 1. The van der Waals surface area contributed by atoms with Crippen LogP contribution in [-0.2, 0) is 10.0 Å². The Morgan fingerprint density at radius 1 is 1.16 bits per heavy atom. The minimum absolute atomic E-state index is 0.0553. The van der Waals surface area contributed by atoms with Crippen molar-refractivity contribution in [2.45, 2.75) is 68.1 Å². The minimum atomic E-state index is -4.18. The maximum Gasteiger partial charge on any atom is 0.338 e. The smallest absolute Gasteiger partial charge is 0.338 e. The van der Waals surface area contributed by atoms with E-state index in [1.54, 1.807) is 6.07 Å². The van der Waals surface area contributed by atoms with Gasteiger partial charge in [-0.2, -0.15) is 8.42 Å². The minimum Gasteiger partial charge on any atom is -0.495 e. The van der Waals surface area contributed by atoms with Gasteiger partial charge in [-0.3, -0.25) is 4.72 Å². The maximum atomic E-state index is 14.1. The Morgan fingerprint density at radius 2 is 1.84 bits per heavy atom. The molecule has 2 aliphatic carbocycles. The molecular formula is C27H32BFN2O5S. The highest BCUT2D eigenvalue weighted by Gasteiger charge is 2.33. The highest BCUT2D eigenvalue weighted by Crippen LogP contribution is 2.46. The molecule has 1 aromatic heterocycles. The fourth-order valence-corrected chi connectivity index (χ4v) is 6.47. The van der Waals surface area contributed by atoms with Gasteiger partial charge in [0.2, 0.25) is 0 Å². The van der Waals surface area contributed by atoms with E-state index in [1.165, 1.54) is 64.3 Å². The van der Waals surface area contributed by atoms with Gasteiger partial charge in [0.25, 0.3) is 10.0 Å². The third-order valence-corrected chi connectivity index (χ3v) is 9.02. The Morgan fingerprint density at radius 3 is 2.43 bits per heavy atom. The summed E-state index contributed by atoms with van der Waals surface area (Å²) < 4.78 is 47.0. The van der Waals surface area contributed by atoms with E-state index in [1.807, 2.05) is 0 Å². The molecule has 0 unspecified atom stereocenters. The molecule has 2 saturated carbocycles. The Labute approximate surface area is 218 Å². The molecule has 196 valence electrons. The Hall–Kier alpha value is -3.06. The number of hydrogen-bond acceptors (Lipinski definition) is 5. The summed E-state index contributed by atoms with van der Waals surface area (Å²) >= 11 is 0. The number of methoxy groups -OCH3 is 1. The van der Waals surface area contributed by atoms with Crippen LogP contribution in [0.2, 0.25) is 5.31 Å². The van der Waals surface area contributed by atoms with Gasteiger partial charge in [-0.25, -0.2) is 14.2 Å². The molecule has 0 atom stereocenters. The number of sulfonamides is 1. The van der Waals surface area contributed by atoms with Gasteiger partial charge in [-0.15, -0.1) is 5.92 Å². The molecule has 2 aliphatic rings. The SMILES string of the molecule is BC1(C#Cc2ccc(S(=O)(=O)Nc3cc(F)c(C(=O)O)cc3OC)nc2)CCC(C2CCCCC2)CC1. The summed E-state index contributed by atoms with van der Waals surface area (Å²) in [5.41, 5.74) is -0.242. The quantitative estimate of drug-likeness (QED) is 0.420. The molecule has 0 amide bonds. The number of carboxylic acid groups (broad SMARTS) is 1.